The summed E-state index contributed by atoms with van der Waals surface area (Å²) >= 11 is 1.76. The van der Waals surface area contributed by atoms with Crippen molar-refractivity contribution in [3.8, 4) is 0 Å². The van der Waals surface area contributed by atoms with Crippen molar-refractivity contribution < 1.29 is 28.8 Å². The van der Waals surface area contributed by atoms with Crippen LogP contribution in [0.2, 0.25) is 0 Å². The molecule has 0 aromatic rings. The standard InChI is InChI=1S/C20H30N4O6S/c1-2-3-4-8-17(27)30-23-19(28)13(24-15(25)9-10-16(24)26)6-5-7-14-18-12(11-31-14)21-20(29)22-18/h12-14,18H,2-11H2,1H3,(H,23,28)(H2,21,22,29)/t12-,13?,14-,18-/m0/s1. The van der Waals surface area contributed by atoms with E-state index in [1.165, 1.54) is 0 Å². The Morgan fingerprint density at radius 1 is 1.16 bits per heavy atom. The molecule has 3 N–H and O–H groups in total. The van der Waals surface area contributed by atoms with Gasteiger partial charge in [0.05, 0.1) is 12.1 Å². The maximum absolute atomic E-state index is 12.7. The maximum atomic E-state index is 12.7. The summed E-state index contributed by atoms with van der Waals surface area (Å²) in [5, 5.41) is 6.01. The number of imide groups is 1. The summed E-state index contributed by atoms with van der Waals surface area (Å²) in [6.07, 6.45) is 4.46. The normalized spacial score (nSPS) is 25.8. The number of hydrogen-bond acceptors (Lipinski definition) is 7. The van der Waals surface area contributed by atoms with Crippen LogP contribution in [-0.4, -0.2) is 63.8 Å². The van der Waals surface area contributed by atoms with E-state index in [1.807, 2.05) is 6.92 Å². The minimum absolute atomic E-state index is 0.0453. The molecule has 1 unspecified atom stereocenters. The molecule has 0 bridgehead atoms. The molecule has 0 aromatic heterocycles. The molecule has 3 heterocycles. The average Bonchev–Trinajstić information content (AvgIpc) is 3.39. The van der Waals surface area contributed by atoms with Crippen LogP contribution >= 0.6 is 11.8 Å². The van der Waals surface area contributed by atoms with E-state index in [9.17, 15) is 24.0 Å². The van der Waals surface area contributed by atoms with Gasteiger partial charge in [-0.05, 0) is 25.7 Å². The lowest BCUT2D eigenvalue weighted by molar-refractivity contribution is -0.162. The Morgan fingerprint density at radius 3 is 2.61 bits per heavy atom. The van der Waals surface area contributed by atoms with Crippen LogP contribution in [0.15, 0.2) is 0 Å². The van der Waals surface area contributed by atoms with Crippen LogP contribution < -0.4 is 16.1 Å². The van der Waals surface area contributed by atoms with Crippen molar-refractivity contribution in [3.05, 3.63) is 0 Å². The predicted molar refractivity (Wildman–Crippen MR) is 113 cm³/mol. The smallest absolute Gasteiger partial charge is 0.332 e. The van der Waals surface area contributed by atoms with Crippen LogP contribution in [0.5, 0.6) is 0 Å². The van der Waals surface area contributed by atoms with E-state index < -0.39 is 17.9 Å². The second-order valence-corrected chi connectivity index (χ2v) is 9.40. The van der Waals surface area contributed by atoms with Crippen LogP contribution in [0.25, 0.3) is 0 Å². The second-order valence-electron chi connectivity index (χ2n) is 8.12. The minimum atomic E-state index is -1.01. The molecule has 0 aromatic carbocycles. The van der Waals surface area contributed by atoms with Gasteiger partial charge in [0, 0.05) is 30.3 Å². The van der Waals surface area contributed by atoms with E-state index in [4.69, 9.17) is 4.84 Å². The molecule has 0 saturated carbocycles. The third-order valence-corrected chi connectivity index (χ3v) is 7.37. The van der Waals surface area contributed by atoms with E-state index in [0.717, 1.165) is 29.9 Å². The van der Waals surface area contributed by atoms with E-state index >= 15 is 0 Å². The van der Waals surface area contributed by atoms with Crippen molar-refractivity contribution in [2.75, 3.05) is 5.75 Å². The lowest BCUT2D eigenvalue weighted by atomic mass is 10.0. The van der Waals surface area contributed by atoms with Gasteiger partial charge in [0.15, 0.2) is 0 Å². The quantitative estimate of drug-likeness (QED) is 0.194. The van der Waals surface area contributed by atoms with Crippen LogP contribution in [0.1, 0.15) is 64.7 Å². The van der Waals surface area contributed by atoms with E-state index in [0.29, 0.717) is 12.8 Å². The van der Waals surface area contributed by atoms with E-state index in [1.54, 1.807) is 11.8 Å². The van der Waals surface area contributed by atoms with Gasteiger partial charge in [-0.25, -0.2) is 9.59 Å². The fourth-order valence-corrected chi connectivity index (χ4v) is 5.76. The SMILES string of the molecule is CCCCCC(=O)ONC(=O)C(CCC[C@@H]1SC[C@@H]2NC(=O)N[C@@H]21)N1C(=O)CCC1=O. The largest absolute Gasteiger partial charge is 0.341 e. The van der Waals surface area contributed by atoms with E-state index in [2.05, 4.69) is 16.1 Å². The van der Waals surface area contributed by atoms with Crippen molar-refractivity contribution in [2.24, 2.45) is 0 Å². The van der Waals surface area contributed by atoms with Crippen LogP contribution in [0, 0.1) is 0 Å². The Balaban J connectivity index is 1.53. The molecule has 3 aliphatic heterocycles. The van der Waals surface area contributed by atoms with Crippen LogP contribution in [-0.2, 0) is 24.0 Å². The number of likely N-dealkylation sites (tertiary alicyclic amines) is 1. The zero-order valence-electron chi connectivity index (χ0n) is 17.7. The molecule has 11 heteroatoms. The highest BCUT2D eigenvalue weighted by Gasteiger charge is 2.43. The van der Waals surface area contributed by atoms with Gasteiger partial charge in [0.25, 0.3) is 5.91 Å². The molecule has 3 saturated heterocycles. The number of unbranched alkanes of at least 4 members (excludes halogenated alkanes) is 2. The first kappa shape index (κ1) is 23.4. The molecule has 3 fully saturated rings. The van der Waals surface area contributed by atoms with Gasteiger partial charge in [-0.3, -0.25) is 19.3 Å². The summed E-state index contributed by atoms with van der Waals surface area (Å²) in [4.78, 5) is 66.3. The Morgan fingerprint density at radius 2 is 1.90 bits per heavy atom. The van der Waals surface area contributed by atoms with Gasteiger partial charge >= 0.3 is 12.0 Å². The van der Waals surface area contributed by atoms with Crippen molar-refractivity contribution in [3.63, 3.8) is 0 Å². The summed E-state index contributed by atoms with van der Waals surface area (Å²) in [5.74, 6) is -1.16. The molecule has 172 valence electrons. The Labute approximate surface area is 185 Å². The van der Waals surface area contributed by atoms with Crippen molar-refractivity contribution in [1.82, 2.24) is 21.0 Å². The predicted octanol–water partition coefficient (Wildman–Crippen LogP) is 0.994. The molecular weight excluding hydrogens is 424 g/mol. The van der Waals surface area contributed by atoms with Crippen molar-refractivity contribution in [1.29, 1.82) is 0 Å². The highest BCUT2D eigenvalue weighted by molar-refractivity contribution is 8.00. The molecule has 4 atom stereocenters. The topological polar surface area (TPSA) is 134 Å². The summed E-state index contributed by atoms with van der Waals surface area (Å²) in [6, 6.07) is -1.02. The molecular formula is C20H30N4O6S. The van der Waals surface area contributed by atoms with Crippen LogP contribution in [0.4, 0.5) is 4.79 Å². The number of fused-ring (bicyclic) bond motifs is 1. The van der Waals surface area contributed by atoms with Gasteiger partial charge in [-0.2, -0.15) is 17.2 Å². The number of carbonyl (C=O) groups excluding carboxylic acids is 5. The lowest BCUT2D eigenvalue weighted by Gasteiger charge is -2.25. The number of carbonyl (C=O) groups is 5. The molecule has 5 amide bonds. The molecule has 0 aliphatic carbocycles. The first-order valence-corrected chi connectivity index (χ1v) is 12.0. The molecule has 3 aliphatic rings. The highest BCUT2D eigenvalue weighted by atomic mass is 32.2. The summed E-state index contributed by atoms with van der Waals surface area (Å²) in [5.41, 5.74) is 2.14. The lowest BCUT2D eigenvalue weighted by Crippen LogP contribution is -2.49. The number of hydroxylamine groups is 1. The summed E-state index contributed by atoms with van der Waals surface area (Å²) < 4.78 is 0. The Bertz CT molecular complexity index is 716. The molecule has 31 heavy (non-hydrogen) atoms. The first-order chi connectivity index (χ1) is 14.9. The number of nitrogens with zero attached hydrogens (tertiary/aromatic N) is 1. The summed E-state index contributed by atoms with van der Waals surface area (Å²) in [6.45, 7) is 2.02. The maximum Gasteiger partial charge on any atom is 0.332 e. The highest BCUT2D eigenvalue weighted by Crippen LogP contribution is 2.33. The third kappa shape index (κ3) is 5.90. The molecule has 0 spiro atoms. The fourth-order valence-electron chi connectivity index (χ4n) is 4.22. The first-order valence-electron chi connectivity index (χ1n) is 10.9. The van der Waals surface area contributed by atoms with Crippen molar-refractivity contribution in [2.45, 2.75) is 88.1 Å². The van der Waals surface area contributed by atoms with Crippen molar-refractivity contribution >= 4 is 41.5 Å². The average molecular weight is 455 g/mol. The third-order valence-electron chi connectivity index (χ3n) is 5.86. The molecule has 0 radical (unpaired) electrons. The van der Waals surface area contributed by atoms with Gasteiger partial charge in [0.2, 0.25) is 11.8 Å². The zero-order valence-corrected chi connectivity index (χ0v) is 18.5. The van der Waals surface area contributed by atoms with Crippen LogP contribution in [0.3, 0.4) is 0 Å². The number of nitrogens with one attached hydrogen (secondary N) is 3. The zero-order chi connectivity index (χ0) is 22.4. The number of urea groups is 1. The van der Waals surface area contributed by atoms with Gasteiger partial charge in [-0.15, -0.1) is 0 Å². The minimum Gasteiger partial charge on any atom is -0.341 e. The van der Waals surface area contributed by atoms with E-state index in [-0.39, 0.29) is 60.9 Å². The molecule has 10 nitrogen and oxygen atoms in total. The van der Waals surface area contributed by atoms with Gasteiger partial charge in [-0.1, -0.05) is 19.8 Å². The summed E-state index contributed by atoms with van der Waals surface area (Å²) in [7, 11) is 0. The second kappa shape index (κ2) is 10.8. The van der Waals surface area contributed by atoms with Gasteiger partial charge < -0.3 is 15.5 Å². The number of hydrogen-bond donors (Lipinski definition) is 3. The van der Waals surface area contributed by atoms with Gasteiger partial charge in [0.1, 0.15) is 6.04 Å². The molecule has 3 rings (SSSR count). The number of rotatable bonds is 10. The number of amides is 5. The monoisotopic (exact) mass is 454 g/mol. The Kier molecular flexibility index (Phi) is 8.16. The fraction of sp³-hybridized carbons (Fsp3) is 0.750. The Hall–Kier alpha value is -2.30. The number of thioether (sulfide) groups is 1.